The van der Waals surface area contributed by atoms with Crippen LogP contribution in [0.25, 0.3) is 0 Å². The van der Waals surface area contributed by atoms with Gasteiger partial charge in [-0.15, -0.1) is 0 Å². The number of carbonyl (C=O) groups excluding carboxylic acids is 1. The van der Waals surface area contributed by atoms with E-state index in [0.717, 1.165) is 0 Å². The molecule has 3 nitrogen and oxygen atoms in total. The van der Waals surface area contributed by atoms with Gasteiger partial charge in [0, 0.05) is 6.42 Å². The van der Waals surface area contributed by atoms with Gasteiger partial charge in [0.2, 0.25) is 0 Å². The van der Waals surface area contributed by atoms with Gasteiger partial charge in [-0.2, -0.15) is 0 Å². The van der Waals surface area contributed by atoms with Crippen molar-refractivity contribution in [1.82, 2.24) is 0 Å². The van der Waals surface area contributed by atoms with Crippen molar-refractivity contribution in [2.45, 2.75) is 25.5 Å². The van der Waals surface area contributed by atoms with E-state index in [1.807, 2.05) is 0 Å². The third kappa shape index (κ3) is 4.26. The van der Waals surface area contributed by atoms with Crippen molar-refractivity contribution in [3.05, 3.63) is 35.6 Å². The van der Waals surface area contributed by atoms with Crippen LogP contribution in [0, 0.1) is 5.82 Å². The Hall–Kier alpha value is -1.23. The first kappa shape index (κ1) is 13.8. The highest BCUT2D eigenvalue weighted by Crippen LogP contribution is 2.07. The van der Waals surface area contributed by atoms with Crippen LogP contribution in [0.5, 0.6) is 0 Å². The second-order valence-electron chi connectivity index (χ2n) is 4.20. The van der Waals surface area contributed by atoms with E-state index in [4.69, 9.17) is 0 Å². The van der Waals surface area contributed by atoms with Crippen molar-refractivity contribution in [2.75, 3.05) is 5.75 Å². The van der Waals surface area contributed by atoms with E-state index in [-0.39, 0.29) is 18.0 Å². The van der Waals surface area contributed by atoms with Crippen LogP contribution in [0.2, 0.25) is 0 Å². The van der Waals surface area contributed by atoms with Crippen molar-refractivity contribution in [2.24, 2.45) is 0 Å². The standard InChI is InChI=1S/C12H15FO3S/c1-9(2)17(15,16)8-12(14)7-10-3-5-11(13)6-4-10/h3-6,9H,7-8H2,1-2H3. The largest absolute Gasteiger partial charge is 0.298 e. The van der Waals surface area contributed by atoms with Gasteiger partial charge in [0.25, 0.3) is 0 Å². The van der Waals surface area contributed by atoms with Gasteiger partial charge in [-0.05, 0) is 31.5 Å². The maximum absolute atomic E-state index is 12.6. The summed E-state index contributed by atoms with van der Waals surface area (Å²) < 4.78 is 35.6. The summed E-state index contributed by atoms with van der Waals surface area (Å²) in [4.78, 5) is 11.5. The van der Waals surface area contributed by atoms with Gasteiger partial charge in [-0.1, -0.05) is 12.1 Å². The van der Waals surface area contributed by atoms with Crippen LogP contribution in [-0.2, 0) is 21.1 Å². The molecule has 0 saturated carbocycles. The van der Waals surface area contributed by atoms with Gasteiger partial charge in [0.15, 0.2) is 15.6 Å². The Morgan fingerprint density at radius 1 is 1.24 bits per heavy atom. The molecule has 0 N–H and O–H groups in total. The summed E-state index contributed by atoms with van der Waals surface area (Å²) in [6.45, 7) is 3.08. The molecule has 0 aliphatic carbocycles. The van der Waals surface area contributed by atoms with Gasteiger partial charge < -0.3 is 0 Å². The Bertz CT molecular complexity index is 489. The molecule has 1 aromatic rings. The molecule has 1 aromatic carbocycles. The zero-order valence-corrected chi connectivity index (χ0v) is 10.6. The van der Waals surface area contributed by atoms with Gasteiger partial charge in [0.1, 0.15) is 11.6 Å². The number of hydrogen-bond acceptors (Lipinski definition) is 3. The Labute approximate surface area is 101 Å². The zero-order chi connectivity index (χ0) is 13.1. The van der Waals surface area contributed by atoms with Crippen LogP contribution in [0.15, 0.2) is 24.3 Å². The van der Waals surface area contributed by atoms with Gasteiger partial charge in [-0.3, -0.25) is 4.79 Å². The molecule has 5 heteroatoms. The van der Waals surface area contributed by atoms with Crippen LogP contribution in [0.1, 0.15) is 19.4 Å². The predicted molar refractivity (Wildman–Crippen MR) is 64.0 cm³/mol. The Kier molecular flexibility index (Phi) is 4.40. The van der Waals surface area contributed by atoms with E-state index in [2.05, 4.69) is 0 Å². The van der Waals surface area contributed by atoms with Gasteiger partial charge in [0.05, 0.1) is 5.25 Å². The summed E-state index contributed by atoms with van der Waals surface area (Å²) >= 11 is 0. The summed E-state index contributed by atoms with van der Waals surface area (Å²) in [5.41, 5.74) is 0.621. The van der Waals surface area contributed by atoms with E-state index in [0.29, 0.717) is 5.56 Å². The smallest absolute Gasteiger partial charge is 0.159 e. The molecule has 94 valence electrons. The fraction of sp³-hybridized carbons (Fsp3) is 0.417. The Balaban J connectivity index is 2.65. The molecular formula is C12H15FO3S. The lowest BCUT2D eigenvalue weighted by Gasteiger charge is -2.06. The highest BCUT2D eigenvalue weighted by atomic mass is 32.2. The first-order chi connectivity index (χ1) is 7.81. The average molecular weight is 258 g/mol. The SMILES string of the molecule is CC(C)S(=O)(=O)CC(=O)Cc1ccc(F)cc1. The lowest BCUT2D eigenvalue weighted by molar-refractivity contribution is -0.116. The van der Waals surface area contributed by atoms with Crippen molar-refractivity contribution in [1.29, 1.82) is 0 Å². The van der Waals surface area contributed by atoms with Crippen LogP contribution in [-0.4, -0.2) is 25.2 Å². The molecule has 0 aliphatic rings. The number of carbonyl (C=O) groups is 1. The number of Topliss-reactive ketones (excluding diaryl/α,β-unsaturated/α-hetero) is 1. The van der Waals surface area contributed by atoms with E-state index in [1.54, 1.807) is 13.8 Å². The summed E-state index contributed by atoms with van der Waals surface area (Å²) in [5.74, 6) is -1.21. The minimum Gasteiger partial charge on any atom is -0.298 e. The number of halogens is 1. The number of ketones is 1. The number of benzene rings is 1. The molecule has 0 bridgehead atoms. The van der Waals surface area contributed by atoms with E-state index < -0.39 is 20.8 Å². The number of rotatable bonds is 5. The third-order valence-electron chi connectivity index (χ3n) is 2.39. The van der Waals surface area contributed by atoms with Crippen LogP contribution >= 0.6 is 0 Å². The monoisotopic (exact) mass is 258 g/mol. The van der Waals surface area contributed by atoms with Crippen LogP contribution < -0.4 is 0 Å². The second-order valence-corrected chi connectivity index (χ2v) is 6.76. The average Bonchev–Trinajstić information content (AvgIpc) is 2.20. The van der Waals surface area contributed by atoms with Crippen molar-refractivity contribution >= 4 is 15.6 Å². The molecule has 0 unspecified atom stereocenters. The van der Waals surface area contributed by atoms with E-state index in [9.17, 15) is 17.6 Å². The van der Waals surface area contributed by atoms with E-state index in [1.165, 1.54) is 24.3 Å². The summed E-state index contributed by atoms with van der Waals surface area (Å²) in [5, 5.41) is -0.556. The molecule has 17 heavy (non-hydrogen) atoms. The topological polar surface area (TPSA) is 51.2 Å². The van der Waals surface area contributed by atoms with Crippen molar-refractivity contribution in [3.63, 3.8) is 0 Å². The summed E-state index contributed by atoms with van der Waals surface area (Å²) in [6, 6.07) is 5.46. The zero-order valence-electron chi connectivity index (χ0n) is 9.81. The molecule has 0 radical (unpaired) electrons. The molecule has 0 heterocycles. The molecule has 0 atom stereocenters. The molecule has 0 fully saturated rings. The fourth-order valence-electron chi connectivity index (χ4n) is 1.27. The summed E-state index contributed by atoms with van der Waals surface area (Å²) in [6.07, 6.45) is 0.0201. The minimum absolute atomic E-state index is 0.0201. The van der Waals surface area contributed by atoms with Crippen LogP contribution in [0.4, 0.5) is 4.39 Å². The molecule has 0 amide bonds. The highest BCUT2D eigenvalue weighted by Gasteiger charge is 2.20. The van der Waals surface area contributed by atoms with Crippen molar-refractivity contribution < 1.29 is 17.6 Å². The molecule has 1 rings (SSSR count). The summed E-state index contributed by atoms with van der Waals surface area (Å²) in [7, 11) is -3.35. The highest BCUT2D eigenvalue weighted by molar-refractivity contribution is 7.92. The molecule has 0 saturated heterocycles. The van der Waals surface area contributed by atoms with Gasteiger partial charge in [-0.25, -0.2) is 12.8 Å². The Morgan fingerprint density at radius 3 is 2.24 bits per heavy atom. The van der Waals surface area contributed by atoms with Crippen LogP contribution in [0.3, 0.4) is 0 Å². The van der Waals surface area contributed by atoms with E-state index >= 15 is 0 Å². The van der Waals surface area contributed by atoms with Gasteiger partial charge >= 0.3 is 0 Å². The number of hydrogen-bond donors (Lipinski definition) is 0. The fourth-order valence-corrected chi connectivity index (χ4v) is 2.16. The molecular weight excluding hydrogens is 243 g/mol. The first-order valence-electron chi connectivity index (χ1n) is 5.29. The Morgan fingerprint density at radius 2 is 1.76 bits per heavy atom. The number of sulfone groups is 1. The molecule has 0 aliphatic heterocycles. The normalized spacial score (nSPS) is 11.8. The quantitative estimate of drug-likeness (QED) is 0.808. The predicted octanol–water partition coefficient (Wildman–Crippen LogP) is 1.76. The third-order valence-corrected chi connectivity index (χ3v) is 4.56. The lowest BCUT2D eigenvalue weighted by Crippen LogP contribution is -2.24. The second kappa shape index (κ2) is 5.40. The molecule has 0 aromatic heterocycles. The first-order valence-corrected chi connectivity index (χ1v) is 7.00. The maximum Gasteiger partial charge on any atom is 0.159 e. The van der Waals surface area contributed by atoms with Crippen molar-refractivity contribution in [3.8, 4) is 0 Å². The minimum atomic E-state index is -3.35. The molecule has 0 spiro atoms. The maximum atomic E-state index is 12.6. The lowest BCUT2D eigenvalue weighted by atomic mass is 10.1.